The first kappa shape index (κ1) is 17.4. The van der Waals surface area contributed by atoms with Gasteiger partial charge in [0.25, 0.3) is 0 Å². The molecule has 25 heavy (non-hydrogen) atoms. The van der Waals surface area contributed by atoms with Gasteiger partial charge in [0.05, 0.1) is 11.9 Å². The summed E-state index contributed by atoms with van der Waals surface area (Å²) in [5.74, 6) is 0.0680. The van der Waals surface area contributed by atoms with Crippen LogP contribution in [0, 0.1) is 6.92 Å². The normalized spacial score (nSPS) is 16.0. The molecule has 0 aliphatic carbocycles. The predicted molar refractivity (Wildman–Crippen MR) is 96.7 cm³/mol. The van der Waals surface area contributed by atoms with Gasteiger partial charge in [-0.15, -0.1) is 0 Å². The molecular formula is C18H26N6O. The van der Waals surface area contributed by atoms with Crippen LogP contribution in [-0.4, -0.2) is 61.4 Å². The molecule has 0 unspecified atom stereocenters. The van der Waals surface area contributed by atoms with Gasteiger partial charge in [-0.25, -0.2) is 0 Å². The summed E-state index contributed by atoms with van der Waals surface area (Å²) in [4.78, 5) is 16.6. The number of amides is 1. The van der Waals surface area contributed by atoms with E-state index >= 15 is 0 Å². The highest BCUT2D eigenvalue weighted by Crippen LogP contribution is 2.12. The van der Waals surface area contributed by atoms with Crippen LogP contribution >= 0.6 is 0 Å². The number of carbonyl (C=O) groups excluding carboxylic acids is 1. The zero-order chi connectivity index (χ0) is 17.8. The summed E-state index contributed by atoms with van der Waals surface area (Å²) in [5, 5.41) is 8.60. The molecule has 0 radical (unpaired) electrons. The fourth-order valence-electron chi connectivity index (χ4n) is 3.04. The van der Waals surface area contributed by atoms with Crippen LogP contribution in [0.5, 0.6) is 0 Å². The second kappa shape index (κ2) is 7.65. The van der Waals surface area contributed by atoms with E-state index in [4.69, 9.17) is 0 Å². The zero-order valence-electron chi connectivity index (χ0n) is 15.2. The number of aromatic nitrogens is 4. The minimum atomic E-state index is 0.0680. The SMILES string of the molecule is CCn1cc(CN2CCN(C(=O)/C=C/c3cnn(C)c3)CC2)c(C)n1. The molecule has 0 N–H and O–H groups in total. The lowest BCUT2D eigenvalue weighted by Crippen LogP contribution is -2.47. The number of rotatable bonds is 5. The molecule has 2 aromatic heterocycles. The van der Waals surface area contributed by atoms with Crippen LogP contribution in [0.1, 0.15) is 23.7 Å². The number of carbonyl (C=O) groups is 1. The molecule has 7 nitrogen and oxygen atoms in total. The van der Waals surface area contributed by atoms with Gasteiger partial charge in [-0.3, -0.25) is 19.1 Å². The summed E-state index contributed by atoms with van der Waals surface area (Å²) in [5.41, 5.74) is 3.32. The van der Waals surface area contributed by atoms with E-state index in [9.17, 15) is 4.79 Å². The number of nitrogens with zero attached hydrogens (tertiary/aromatic N) is 6. The van der Waals surface area contributed by atoms with Gasteiger partial charge in [0, 0.05) is 75.9 Å². The molecular weight excluding hydrogens is 316 g/mol. The average Bonchev–Trinajstić information content (AvgIpc) is 3.19. The molecule has 134 valence electrons. The summed E-state index contributed by atoms with van der Waals surface area (Å²) < 4.78 is 3.71. The van der Waals surface area contributed by atoms with E-state index < -0.39 is 0 Å². The van der Waals surface area contributed by atoms with Gasteiger partial charge in [0.15, 0.2) is 0 Å². The van der Waals surface area contributed by atoms with Crippen molar-refractivity contribution in [1.82, 2.24) is 29.4 Å². The first-order valence-corrected chi connectivity index (χ1v) is 8.76. The average molecular weight is 342 g/mol. The lowest BCUT2D eigenvalue weighted by atomic mass is 10.2. The van der Waals surface area contributed by atoms with Crippen molar-refractivity contribution < 1.29 is 4.79 Å². The Hall–Kier alpha value is -2.41. The van der Waals surface area contributed by atoms with Crippen LogP contribution in [0.3, 0.4) is 0 Å². The Kier molecular flexibility index (Phi) is 5.33. The molecule has 0 bridgehead atoms. The second-order valence-electron chi connectivity index (χ2n) is 6.48. The van der Waals surface area contributed by atoms with Crippen molar-refractivity contribution in [2.75, 3.05) is 26.2 Å². The van der Waals surface area contributed by atoms with E-state index in [0.29, 0.717) is 0 Å². The van der Waals surface area contributed by atoms with Crippen LogP contribution in [0.15, 0.2) is 24.7 Å². The van der Waals surface area contributed by atoms with Gasteiger partial charge in [-0.1, -0.05) is 0 Å². The van der Waals surface area contributed by atoms with Crippen LogP contribution in [0.2, 0.25) is 0 Å². The molecule has 1 aliphatic rings. The Labute approximate surface area is 148 Å². The fraction of sp³-hybridized carbons (Fsp3) is 0.500. The van der Waals surface area contributed by atoms with Crippen molar-refractivity contribution in [3.8, 4) is 0 Å². The molecule has 2 aromatic rings. The first-order valence-electron chi connectivity index (χ1n) is 8.76. The molecule has 7 heteroatoms. The zero-order valence-corrected chi connectivity index (χ0v) is 15.2. The monoisotopic (exact) mass is 342 g/mol. The molecule has 1 amide bonds. The first-order chi connectivity index (χ1) is 12.0. The smallest absolute Gasteiger partial charge is 0.246 e. The van der Waals surface area contributed by atoms with Crippen LogP contribution in [0.25, 0.3) is 6.08 Å². The third-order valence-electron chi connectivity index (χ3n) is 4.59. The van der Waals surface area contributed by atoms with Gasteiger partial charge in [-0.2, -0.15) is 10.2 Å². The molecule has 3 rings (SSSR count). The van der Waals surface area contributed by atoms with Crippen LogP contribution < -0.4 is 0 Å². The van der Waals surface area contributed by atoms with Crippen LogP contribution in [-0.2, 0) is 24.9 Å². The molecule has 0 saturated carbocycles. The highest BCUT2D eigenvalue weighted by atomic mass is 16.2. The van der Waals surface area contributed by atoms with Crippen molar-refractivity contribution in [3.05, 3.63) is 41.5 Å². The third-order valence-corrected chi connectivity index (χ3v) is 4.59. The van der Waals surface area contributed by atoms with Crippen molar-refractivity contribution in [2.45, 2.75) is 26.9 Å². The van der Waals surface area contributed by atoms with Crippen LogP contribution in [0.4, 0.5) is 0 Å². The maximum Gasteiger partial charge on any atom is 0.246 e. The van der Waals surface area contributed by atoms with Gasteiger partial charge in [-0.05, 0) is 19.9 Å². The highest BCUT2D eigenvalue weighted by Gasteiger charge is 2.20. The van der Waals surface area contributed by atoms with E-state index in [1.807, 2.05) is 28.9 Å². The van der Waals surface area contributed by atoms with Gasteiger partial charge in [0.1, 0.15) is 0 Å². The molecule has 0 spiro atoms. The lowest BCUT2D eigenvalue weighted by molar-refractivity contribution is -0.127. The van der Waals surface area contributed by atoms with Crippen molar-refractivity contribution in [2.24, 2.45) is 7.05 Å². The highest BCUT2D eigenvalue weighted by molar-refractivity contribution is 5.91. The molecule has 0 aromatic carbocycles. The fourth-order valence-corrected chi connectivity index (χ4v) is 3.04. The molecule has 1 saturated heterocycles. The van der Waals surface area contributed by atoms with Crippen molar-refractivity contribution in [3.63, 3.8) is 0 Å². The van der Waals surface area contributed by atoms with E-state index in [0.717, 1.165) is 50.5 Å². The minimum absolute atomic E-state index is 0.0680. The summed E-state index contributed by atoms with van der Waals surface area (Å²) in [7, 11) is 1.87. The predicted octanol–water partition coefficient (Wildman–Crippen LogP) is 1.30. The Balaban J connectivity index is 1.50. The lowest BCUT2D eigenvalue weighted by Gasteiger charge is -2.34. The Morgan fingerprint density at radius 2 is 2.00 bits per heavy atom. The van der Waals surface area contributed by atoms with E-state index in [1.165, 1.54) is 5.56 Å². The minimum Gasteiger partial charge on any atom is -0.337 e. The summed E-state index contributed by atoms with van der Waals surface area (Å²) in [6, 6.07) is 0. The molecule has 0 atom stereocenters. The van der Waals surface area contributed by atoms with Gasteiger partial charge >= 0.3 is 0 Å². The quantitative estimate of drug-likeness (QED) is 0.769. The Morgan fingerprint density at radius 1 is 1.24 bits per heavy atom. The maximum absolute atomic E-state index is 12.3. The topological polar surface area (TPSA) is 59.2 Å². The number of piperazine rings is 1. The molecule has 3 heterocycles. The molecule has 1 aliphatic heterocycles. The van der Waals surface area contributed by atoms with E-state index in [-0.39, 0.29) is 5.91 Å². The summed E-state index contributed by atoms with van der Waals surface area (Å²) in [6.45, 7) is 9.26. The second-order valence-corrected chi connectivity index (χ2v) is 6.48. The number of hydrogen-bond donors (Lipinski definition) is 0. The van der Waals surface area contributed by atoms with E-state index in [2.05, 4.69) is 35.1 Å². The maximum atomic E-state index is 12.3. The van der Waals surface area contributed by atoms with Gasteiger partial charge < -0.3 is 4.90 Å². The largest absolute Gasteiger partial charge is 0.337 e. The van der Waals surface area contributed by atoms with E-state index in [1.54, 1.807) is 17.0 Å². The molecule has 1 fully saturated rings. The number of hydrogen-bond acceptors (Lipinski definition) is 4. The van der Waals surface area contributed by atoms with Crippen molar-refractivity contribution in [1.29, 1.82) is 0 Å². The number of aryl methyl sites for hydroxylation is 3. The Bertz CT molecular complexity index is 751. The standard InChI is InChI=1S/C18H26N6O/c1-4-24-14-17(15(2)20-24)13-22-7-9-23(10-8-22)18(25)6-5-16-11-19-21(3)12-16/h5-6,11-12,14H,4,7-10,13H2,1-3H3/b6-5+. The Morgan fingerprint density at radius 3 is 2.60 bits per heavy atom. The van der Waals surface area contributed by atoms with Gasteiger partial charge in [0.2, 0.25) is 5.91 Å². The third kappa shape index (κ3) is 4.36. The van der Waals surface area contributed by atoms with Crippen molar-refractivity contribution >= 4 is 12.0 Å². The summed E-state index contributed by atoms with van der Waals surface area (Å²) in [6.07, 6.45) is 9.23. The summed E-state index contributed by atoms with van der Waals surface area (Å²) >= 11 is 0.